The molecule has 3 N–H and O–H groups in total. The number of nitrogens with zero attached hydrogens (tertiary/aromatic N) is 3. The molecular formula is C11H9ClN4OS. The second-order valence-electron chi connectivity index (χ2n) is 3.27. The van der Waals surface area contributed by atoms with Crippen molar-refractivity contribution < 1.29 is 5.21 Å². The van der Waals surface area contributed by atoms with Crippen molar-refractivity contribution in [2.45, 2.75) is 10.1 Å². The van der Waals surface area contributed by atoms with Gasteiger partial charge in [-0.3, -0.25) is 0 Å². The van der Waals surface area contributed by atoms with E-state index in [0.717, 1.165) is 4.90 Å². The summed E-state index contributed by atoms with van der Waals surface area (Å²) >= 11 is 7.23. The zero-order valence-electron chi connectivity index (χ0n) is 9.12. The fraction of sp³-hybridized carbons (Fsp3) is 0. The molecule has 0 spiro atoms. The van der Waals surface area contributed by atoms with Crippen LogP contribution in [0.5, 0.6) is 0 Å². The van der Waals surface area contributed by atoms with Crippen LogP contribution in [0.25, 0.3) is 0 Å². The van der Waals surface area contributed by atoms with Crippen molar-refractivity contribution in [3.05, 3.63) is 47.2 Å². The van der Waals surface area contributed by atoms with Gasteiger partial charge in [0.2, 0.25) is 0 Å². The van der Waals surface area contributed by atoms with Crippen LogP contribution in [0.15, 0.2) is 51.7 Å². The van der Waals surface area contributed by atoms with Gasteiger partial charge in [0, 0.05) is 16.1 Å². The maximum atomic E-state index is 8.58. The second kappa shape index (κ2) is 5.70. The number of benzene rings is 1. The van der Waals surface area contributed by atoms with Gasteiger partial charge in [-0.2, -0.15) is 0 Å². The number of halogens is 1. The van der Waals surface area contributed by atoms with E-state index in [0.29, 0.717) is 15.9 Å². The van der Waals surface area contributed by atoms with Gasteiger partial charge in [-0.25, -0.2) is 9.97 Å². The highest BCUT2D eigenvalue weighted by atomic mass is 35.5. The van der Waals surface area contributed by atoms with Gasteiger partial charge in [-0.05, 0) is 36.0 Å². The summed E-state index contributed by atoms with van der Waals surface area (Å²) in [7, 11) is 0. The largest absolute Gasteiger partial charge is 0.409 e. The lowest BCUT2D eigenvalue weighted by Crippen LogP contribution is -2.15. The smallest absolute Gasteiger partial charge is 0.193 e. The fourth-order valence-electron chi connectivity index (χ4n) is 1.22. The zero-order chi connectivity index (χ0) is 13.0. The van der Waals surface area contributed by atoms with Gasteiger partial charge >= 0.3 is 0 Å². The maximum Gasteiger partial charge on any atom is 0.193 e. The van der Waals surface area contributed by atoms with Crippen LogP contribution in [0.1, 0.15) is 5.69 Å². The summed E-state index contributed by atoms with van der Waals surface area (Å²) in [4.78, 5) is 9.17. The topological polar surface area (TPSA) is 84.4 Å². The quantitative estimate of drug-likeness (QED) is 0.296. The number of amidine groups is 1. The standard InChI is InChI=1S/C11H9ClN4OS/c12-7-2-1-3-8(6-7)18-11-14-5-4-9(15-11)10(13)16-17/h1-6,17H,(H2,13,16). The molecule has 18 heavy (non-hydrogen) atoms. The van der Waals surface area contributed by atoms with E-state index in [1.807, 2.05) is 18.2 Å². The molecule has 92 valence electrons. The highest BCUT2D eigenvalue weighted by Crippen LogP contribution is 2.26. The van der Waals surface area contributed by atoms with Crippen LogP contribution in [0, 0.1) is 0 Å². The lowest BCUT2D eigenvalue weighted by atomic mass is 10.4. The van der Waals surface area contributed by atoms with Crippen LogP contribution in [-0.4, -0.2) is 21.0 Å². The summed E-state index contributed by atoms with van der Waals surface area (Å²) in [6.45, 7) is 0. The van der Waals surface area contributed by atoms with E-state index in [1.54, 1.807) is 18.3 Å². The summed E-state index contributed by atoms with van der Waals surface area (Å²) < 4.78 is 0. The minimum absolute atomic E-state index is 0.0506. The molecule has 1 aromatic heterocycles. The summed E-state index contributed by atoms with van der Waals surface area (Å²) in [6.07, 6.45) is 1.55. The van der Waals surface area contributed by atoms with Gasteiger partial charge in [0.05, 0.1) is 0 Å². The van der Waals surface area contributed by atoms with E-state index in [-0.39, 0.29) is 5.84 Å². The van der Waals surface area contributed by atoms with Crippen molar-refractivity contribution in [1.29, 1.82) is 0 Å². The average Bonchev–Trinajstić information content (AvgIpc) is 2.38. The van der Waals surface area contributed by atoms with E-state index >= 15 is 0 Å². The molecule has 2 aromatic rings. The Kier molecular flexibility index (Phi) is 4.01. The predicted molar refractivity (Wildman–Crippen MR) is 70.1 cm³/mol. The number of nitrogens with two attached hydrogens (primary N) is 1. The van der Waals surface area contributed by atoms with Crippen LogP contribution >= 0.6 is 23.4 Å². The van der Waals surface area contributed by atoms with Crippen LogP contribution in [0.2, 0.25) is 5.02 Å². The summed E-state index contributed by atoms with van der Waals surface area (Å²) in [6, 6.07) is 8.91. The van der Waals surface area contributed by atoms with Crippen molar-refractivity contribution in [1.82, 2.24) is 9.97 Å². The molecule has 2 rings (SSSR count). The molecule has 0 unspecified atom stereocenters. The summed E-state index contributed by atoms with van der Waals surface area (Å²) in [5, 5.41) is 12.6. The number of hydrogen-bond donors (Lipinski definition) is 2. The number of oxime groups is 1. The molecule has 0 fully saturated rings. The predicted octanol–water partition coefficient (Wildman–Crippen LogP) is 2.38. The van der Waals surface area contributed by atoms with E-state index < -0.39 is 0 Å². The molecule has 0 radical (unpaired) electrons. The molecule has 0 aliphatic carbocycles. The normalized spacial score (nSPS) is 11.5. The number of aromatic nitrogens is 2. The summed E-state index contributed by atoms with van der Waals surface area (Å²) in [5.74, 6) is -0.0506. The second-order valence-corrected chi connectivity index (χ2v) is 4.75. The third-order valence-electron chi connectivity index (χ3n) is 2.01. The molecular weight excluding hydrogens is 272 g/mol. The van der Waals surface area contributed by atoms with Crippen molar-refractivity contribution in [2.75, 3.05) is 0 Å². The first kappa shape index (κ1) is 12.7. The lowest BCUT2D eigenvalue weighted by molar-refractivity contribution is 0.318. The van der Waals surface area contributed by atoms with Crippen LogP contribution in [0.4, 0.5) is 0 Å². The number of hydrogen-bond acceptors (Lipinski definition) is 5. The molecule has 0 amide bonds. The van der Waals surface area contributed by atoms with E-state index in [2.05, 4.69) is 15.1 Å². The summed E-state index contributed by atoms with van der Waals surface area (Å²) in [5.41, 5.74) is 5.83. The van der Waals surface area contributed by atoms with Crippen molar-refractivity contribution >= 4 is 29.2 Å². The van der Waals surface area contributed by atoms with Crippen LogP contribution < -0.4 is 5.73 Å². The van der Waals surface area contributed by atoms with Gasteiger partial charge in [0.25, 0.3) is 0 Å². The Morgan fingerprint density at radius 1 is 1.39 bits per heavy atom. The molecule has 0 saturated heterocycles. The molecule has 0 aliphatic rings. The first-order valence-electron chi connectivity index (χ1n) is 4.93. The molecule has 0 bridgehead atoms. The Bertz CT molecular complexity index is 591. The van der Waals surface area contributed by atoms with Crippen LogP contribution in [-0.2, 0) is 0 Å². The first-order valence-corrected chi connectivity index (χ1v) is 6.13. The molecule has 0 aliphatic heterocycles. The Balaban J connectivity index is 2.24. The lowest BCUT2D eigenvalue weighted by Gasteiger charge is -2.02. The Hall–Kier alpha value is -1.79. The van der Waals surface area contributed by atoms with E-state index in [9.17, 15) is 0 Å². The molecule has 0 atom stereocenters. The SMILES string of the molecule is N/C(=N/O)c1ccnc(Sc2cccc(Cl)c2)n1. The molecule has 7 heteroatoms. The minimum atomic E-state index is -0.0506. The molecule has 5 nitrogen and oxygen atoms in total. The highest BCUT2D eigenvalue weighted by Gasteiger charge is 2.05. The number of rotatable bonds is 3. The third kappa shape index (κ3) is 3.12. The van der Waals surface area contributed by atoms with Crippen molar-refractivity contribution in [3.63, 3.8) is 0 Å². The van der Waals surface area contributed by atoms with Gasteiger partial charge in [-0.15, -0.1) is 0 Å². The third-order valence-corrected chi connectivity index (χ3v) is 3.11. The highest BCUT2D eigenvalue weighted by molar-refractivity contribution is 7.99. The molecule has 0 saturated carbocycles. The minimum Gasteiger partial charge on any atom is -0.409 e. The maximum absolute atomic E-state index is 8.58. The first-order chi connectivity index (χ1) is 8.69. The Morgan fingerprint density at radius 2 is 2.22 bits per heavy atom. The Morgan fingerprint density at radius 3 is 2.94 bits per heavy atom. The molecule has 1 heterocycles. The van der Waals surface area contributed by atoms with Gasteiger partial charge in [-0.1, -0.05) is 22.8 Å². The Labute approximate surface area is 113 Å². The fourth-order valence-corrected chi connectivity index (χ4v) is 2.28. The monoisotopic (exact) mass is 280 g/mol. The average molecular weight is 281 g/mol. The molecule has 1 aromatic carbocycles. The van der Waals surface area contributed by atoms with E-state index in [1.165, 1.54) is 11.8 Å². The van der Waals surface area contributed by atoms with E-state index in [4.69, 9.17) is 22.5 Å². The van der Waals surface area contributed by atoms with Gasteiger partial charge in [0.1, 0.15) is 5.69 Å². The van der Waals surface area contributed by atoms with Crippen molar-refractivity contribution in [3.8, 4) is 0 Å². The van der Waals surface area contributed by atoms with Crippen molar-refractivity contribution in [2.24, 2.45) is 10.9 Å². The zero-order valence-corrected chi connectivity index (χ0v) is 10.7. The van der Waals surface area contributed by atoms with Gasteiger partial charge < -0.3 is 10.9 Å². The van der Waals surface area contributed by atoms with Gasteiger partial charge in [0.15, 0.2) is 11.0 Å². The van der Waals surface area contributed by atoms with Crippen LogP contribution in [0.3, 0.4) is 0 Å².